The molecule has 2 N–H and O–H groups in total. The first-order valence-electron chi connectivity index (χ1n) is 9.54. The van der Waals surface area contributed by atoms with E-state index in [0.717, 1.165) is 24.8 Å². The van der Waals surface area contributed by atoms with Gasteiger partial charge in [0.05, 0.1) is 30.0 Å². The van der Waals surface area contributed by atoms with Crippen molar-refractivity contribution in [3.63, 3.8) is 0 Å². The van der Waals surface area contributed by atoms with E-state index < -0.39 is 17.4 Å². The average Bonchev–Trinajstić information content (AvgIpc) is 2.73. The van der Waals surface area contributed by atoms with E-state index in [1.54, 1.807) is 11.8 Å². The molecule has 1 aliphatic heterocycles. The fourth-order valence-corrected chi connectivity index (χ4v) is 4.81. The molecule has 3 unspecified atom stereocenters. The Kier molecular flexibility index (Phi) is 5.43. The lowest BCUT2D eigenvalue weighted by Crippen LogP contribution is -2.52. The fraction of sp³-hybridized carbons (Fsp3) is 0.524. The summed E-state index contributed by atoms with van der Waals surface area (Å²) in [6, 6.07) is 6.40. The van der Waals surface area contributed by atoms with Gasteiger partial charge in [0.15, 0.2) is 5.41 Å². The summed E-state index contributed by atoms with van der Waals surface area (Å²) in [6.07, 6.45) is 8.02. The van der Waals surface area contributed by atoms with Crippen LogP contribution in [0.5, 0.6) is 0 Å². The summed E-state index contributed by atoms with van der Waals surface area (Å²) in [5.41, 5.74) is 5.71. The van der Waals surface area contributed by atoms with Crippen molar-refractivity contribution in [2.75, 3.05) is 19.7 Å². The molecule has 0 saturated heterocycles. The largest absolute Gasteiger partial charge is 0.450 e. The zero-order chi connectivity index (χ0) is 20.3. The number of nitrogens with two attached hydrogens (primary N) is 1. The molecule has 0 fully saturated rings. The molecule has 0 aromatic rings. The molecule has 144 valence electrons. The second-order valence-corrected chi connectivity index (χ2v) is 7.37. The Hall–Kier alpha value is -3.24. The molecule has 0 spiro atoms. The zero-order valence-electron chi connectivity index (χ0n) is 15.9. The van der Waals surface area contributed by atoms with Gasteiger partial charge in [-0.2, -0.15) is 15.8 Å². The Labute approximate surface area is 165 Å². The van der Waals surface area contributed by atoms with Crippen molar-refractivity contribution >= 4 is 6.09 Å². The number of fused-ring (bicyclic) bond motifs is 1. The molecule has 7 heteroatoms. The summed E-state index contributed by atoms with van der Waals surface area (Å²) in [4.78, 5) is 13.9. The van der Waals surface area contributed by atoms with Gasteiger partial charge in [-0.25, -0.2) is 4.79 Å². The van der Waals surface area contributed by atoms with Crippen LogP contribution in [0.3, 0.4) is 0 Å². The zero-order valence-corrected chi connectivity index (χ0v) is 15.9. The van der Waals surface area contributed by atoms with Crippen molar-refractivity contribution in [3.05, 3.63) is 35.1 Å². The number of allylic oxidation sites excluding steroid dienone is 4. The maximum absolute atomic E-state index is 12.3. The maximum Gasteiger partial charge on any atom is 0.410 e. The quantitative estimate of drug-likeness (QED) is 0.737. The highest BCUT2D eigenvalue weighted by molar-refractivity contribution is 5.69. The van der Waals surface area contributed by atoms with Crippen LogP contribution in [0.2, 0.25) is 0 Å². The normalized spacial score (nSPS) is 28.3. The van der Waals surface area contributed by atoms with Crippen LogP contribution in [0.4, 0.5) is 4.79 Å². The van der Waals surface area contributed by atoms with Gasteiger partial charge in [0.25, 0.3) is 0 Å². The lowest BCUT2D eigenvalue weighted by atomic mass is 9.55. The number of amides is 1. The third-order valence-electron chi connectivity index (χ3n) is 6.07. The van der Waals surface area contributed by atoms with Crippen LogP contribution in [0, 0.1) is 57.2 Å². The number of hydrogen-bond donors (Lipinski definition) is 1. The first kappa shape index (κ1) is 19.5. The molecule has 3 aliphatic rings. The number of nitrogens with zero attached hydrogens (tertiary/aromatic N) is 4. The highest BCUT2D eigenvalue weighted by Crippen LogP contribution is 2.54. The number of carbonyl (C=O) groups excluding carboxylic acids is 1. The number of rotatable bonds is 2. The highest BCUT2D eigenvalue weighted by atomic mass is 16.6. The van der Waals surface area contributed by atoms with Crippen molar-refractivity contribution in [2.24, 2.45) is 28.9 Å². The summed E-state index contributed by atoms with van der Waals surface area (Å²) in [5, 5.41) is 29.8. The molecule has 0 radical (unpaired) electrons. The molecule has 7 nitrogen and oxygen atoms in total. The second kappa shape index (κ2) is 7.79. The number of hydrogen-bond acceptors (Lipinski definition) is 6. The van der Waals surface area contributed by atoms with E-state index in [0.29, 0.717) is 13.1 Å². The smallest absolute Gasteiger partial charge is 0.410 e. The van der Waals surface area contributed by atoms with E-state index in [-0.39, 0.29) is 29.7 Å². The molecule has 0 aromatic carbocycles. The Morgan fingerprint density at radius 2 is 2.11 bits per heavy atom. The SMILES string of the molecule is CCOC(=O)N1CC=C2C(C#N)=C(N)C(C#N)(C#N)C(C3CC=CCC3)C2C1. The van der Waals surface area contributed by atoms with Crippen LogP contribution in [0.1, 0.15) is 26.2 Å². The maximum atomic E-state index is 12.3. The lowest BCUT2D eigenvalue weighted by Gasteiger charge is -2.48. The minimum atomic E-state index is -1.58. The number of ether oxygens (including phenoxy) is 1. The Morgan fingerprint density at radius 3 is 2.68 bits per heavy atom. The number of nitriles is 3. The van der Waals surface area contributed by atoms with E-state index in [1.165, 1.54) is 0 Å². The van der Waals surface area contributed by atoms with E-state index in [1.807, 2.05) is 6.08 Å². The third-order valence-corrected chi connectivity index (χ3v) is 6.07. The van der Waals surface area contributed by atoms with Gasteiger partial charge in [0.2, 0.25) is 0 Å². The van der Waals surface area contributed by atoms with Gasteiger partial charge in [0.1, 0.15) is 6.07 Å². The summed E-state index contributed by atoms with van der Waals surface area (Å²) in [7, 11) is 0. The average molecular weight is 377 g/mol. The first-order valence-corrected chi connectivity index (χ1v) is 9.54. The van der Waals surface area contributed by atoms with Crippen LogP contribution < -0.4 is 5.73 Å². The van der Waals surface area contributed by atoms with Crippen LogP contribution in [0.15, 0.2) is 35.1 Å². The standard InChI is InChI=1S/C21H23N5O2/c1-2-28-20(27)26-9-8-15-16(10-22)19(25)21(12-23,13-24)18(17(15)11-26)14-6-4-3-5-7-14/h3-4,8,14,17-18H,2,5-7,9,11,25H2,1H3. The Balaban J connectivity index is 2.14. The molecule has 2 aliphatic carbocycles. The first-order chi connectivity index (χ1) is 13.5. The summed E-state index contributed by atoms with van der Waals surface area (Å²) >= 11 is 0. The van der Waals surface area contributed by atoms with Crippen molar-refractivity contribution in [3.8, 4) is 18.2 Å². The topological polar surface area (TPSA) is 127 Å². The van der Waals surface area contributed by atoms with E-state index >= 15 is 0 Å². The minimum Gasteiger partial charge on any atom is -0.450 e. The summed E-state index contributed by atoms with van der Waals surface area (Å²) in [5.74, 6) is -0.637. The fourth-order valence-electron chi connectivity index (χ4n) is 4.81. The summed E-state index contributed by atoms with van der Waals surface area (Å²) < 4.78 is 5.14. The molecule has 0 bridgehead atoms. The van der Waals surface area contributed by atoms with Gasteiger partial charge >= 0.3 is 6.09 Å². The molecular weight excluding hydrogens is 354 g/mol. The monoisotopic (exact) mass is 377 g/mol. The Morgan fingerprint density at radius 1 is 1.36 bits per heavy atom. The van der Waals surface area contributed by atoms with Gasteiger partial charge in [-0.3, -0.25) is 0 Å². The van der Waals surface area contributed by atoms with E-state index in [4.69, 9.17) is 10.5 Å². The van der Waals surface area contributed by atoms with Crippen molar-refractivity contribution < 1.29 is 9.53 Å². The predicted octanol–water partition coefficient (Wildman–Crippen LogP) is 2.76. The minimum absolute atomic E-state index is 0.0478. The van der Waals surface area contributed by atoms with Crippen LogP contribution in [0.25, 0.3) is 0 Å². The van der Waals surface area contributed by atoms with Crippen LogP contribution in [-0.4, -0.2) is 30.7 Å². The van der Waals surface area contributed by atoms with Gasteiger partial charge in [-0.05, 0) is 37.7 Å². The second-order valence-electron chi connectivity index (χ2n) is 7.37. The van der Waals surface area contributed by atoms with Crippen LogP contribution >= 0.6 is 0 Å². The number of carbonyl (C=O) groups is 1. The van der Waals surface area contributed by atoms with E-state index in [9.17, 15) is 20.6 Å². The van der Waals surface area contributed by atoms with Gasteiger partial charge < -0.3 is 15.4 Å². The van der Waals surface area contributed by atoms with Crippen molar-refractivity contribution in [2.45, 2.75) is 26.2 Å². The van der Waals surface area contributed by atoms with Crippen LogP contribution in [-0.2, 0) is 4.74 Å². The molecule has 3 rings (SSSR count). The van der Waals surface area contributed by atoms with Crippen molar-refractivity contribution in [1.29, 1.82) is 15.8 Å². The van der Waals surface area contributed by atoms with Gasteiger partial charge in [-0.15, -0.1) is 0 Å². The van der Waals surface area contributed by atoms with Gasteiger partial charge in [-0.1, -0.05) is 18.2 Å². The molecule has 1 heterocycles. The highest BCUT2D eigenvalue weighted by Gasteiger charge is 2.56. The Bertz CT molecular complexity index is 866. The van der Waals surface area contributed by atoms with E-state index in [2.05, 4.69) is 30.4 Å². The molecule has 1 amide bonds. The third kappa shape index (κ3) is 2.92. The van der Waals surface area contributed by atoms with Gasteiger partial charge in [0, 0.05) is 24.9 Å². The molecule has 0 saturated carbocycles. The van der Waals surface area contributed by atoms with Crippen molar-refractivity contribution in [1.82, 2.24) is 4.90 Å². The molecular formula is C21H23N5O2. The summed E-state index contributed by atoms with van der Waals surface area (Å²) in [6.45, 7) is 2.63. The molecule has 28 heavy (non-hydrogen) atoms. The molecule has 0 aromatic heterocycles. The lowest BCUT2D eigenvalue weighted by molar-refractivity contribution is 0.0798. The predicted molar refractivity (Wildman–Crippen MR) is 101 cm³/mol. The molecule has 3 atom stereocenters.